The molecule has 12 heavy (non-hydrogen) atoms. The third-order valence-electron chi connectivity index (χ3n) is 2.08. The van der Waals surface area contributed by atoms with E-state index in [0.29, 0.717) is 0 Å². The lowest BCUT2D eigenvalue weighted by Gasteiger charge is -1.98. The van der Waals surface area contributed by atoms with Crippen molar-refractivity contribution in [1.82, 2.24) is 4.98 Å². The summed E-state index contributed by atoms with van der Waals surface area (Å²) in [5.74, 6) is 0. The molecule has 1 heterocycles. The van der Waals surface area contributed by atoms with Gasteiger partial charge in [-0.1, -0.05) is 23.8 Å². The zero-order chi connectivity index (χ0) is 8.39. The number of allylic oxidation sites excluding steroid dienone is 4. The summed E-state index contributed by atoms with van der Waals surface area (Å²) >= 11 is 0. The highest BCUT2D eigenvalue weighted by molar-refractivity contribution is 5.71. The number of hydrogen-bond acceptors (Lipinski definition) is 1. The van der Waals surface area contributed by atoms with E-state index < -0.39 is 0 Å². The van der Waals surface area contributed by atoms with Crippen LogP contribution in [-0.2, 0) is 0 Å². The van der Waals surface area contributed by atoms with Crippen molar-refractivity contribution in [2.45, 2.75) is 13.3 Å². The van der Waals surface area contributed by atoms with E-state index in [0.717, 1.165) is 6.42 Å². The fourth-order valence-corrected chi connectivity index (χ4v) is 1.42. The summed E-state index contributed by atoms with van der Waals surface area (Å²) in [7, 11) is 0. The Bertz CT molecular complexity index is 333. The van der Waals surface area contributed by atoms with Gasteiger partial charge in [0.25, 0.3) is 0 Å². The number of nitrogens with zero attached hydrogens (tertiary/aromatic N) is 1. The highest BCUT2D eigenvalue weighted by Crippen LogP contribution is 2.25. The van der Waals surface area contributed by atoms with Gasteiger partial charge in [0, 0.05) is 12.4 Å². The molecule has 2 rings (SSSR count). The van der Waals surface area contributed by atoms with Crippen molar-refractivity contribution in [2.75, 3.05) is 0 Å². The van der Waals surface area contributed by atoms with Crippen LogP contribution in [0.2, 0.25) is 0 Å². The van der Waals surface area contributed by atoms with Crippen LogP contribution < -0.4 is 0 Å². The predicted octanol–water partition coefficient (Wildman–Crippen LogP) is 2.82. The zero-order valence-electron chi connectivity index (χ0n) is 7.12. The molecular formula is C11H11N. The molecule has 0 fully saturated rings. The highest BCUT2D eigenvalue weighted by atomic mass is 14.6. The van der Waals surface area contributed by atoms with Crippen LogP contribution in [0.3, 0.4) is 0 Å². The molecule has 0 saturated heterocycles. The van der Waals surface area contributed by atoms with Gasteiger partial charge in [-0.05, 0) is 30.5 Å². The van der Waals surface area contributed by atoms with Crippen molar-refractivity contribution >= 4 is 5.57 Å². The summed E-state index contributed by atoms with van der Waals surface area (Å²) in [6, 6.07) is 4.08. The lowest BCUT2D eigenvalue weighted by molar-refractivity contribution is 1.29. The molecule has 1 aromatic heterocycles. The van der Waals surface area contributed by atoms with Crippen molar-refractivity contribution < 1.29 is 0 Å². The van der Waals surface area contributed by atoms with Gasteiger partial charge in [0.15, 0.2) is 0 Å². The van der Waals surface area contributed by atoms with Crippen LogP contribution in [0.5, 0.6) is 0 Å². The SMILES string of the molecule is CC1=CCC(c2cccnc2)=C1. The molecule has 0 N–H and O–H groups in total. The first-order valence-electron chi connectivity index (χ1n) is 4.14. The Morgan fingerprint density at radius 3 is 2.92 bits per heavy atom. The molecule has 0 amide bonds. The topological polar surface area (TPSA) is 12.9 Å². The van der Waals surface area contributed by atoms with Crippen molar-refractivity contribution in [3.05, 3.63) is 47.8 Å². The molecule has 0 spiro atoms. The fraction of sp³-hybridized carbons (Fsp3) is 0.182. The van der Waals surface area contributed by atoms with Gasteiger partial charge in [-0.15, -0.1) is 0 Å². The largest absolute Gasteiger partial charge is 0.264 e. The van der Waals surface area contributed by atoms with Gasteiger partial charge in [0.05, 0.1) is 0 Å². The van der Waals surface area contributed by atoms with E-state index in [4.69, 9.17) is 0 Å². The monoisotopic (exact) mass is 157 g/mol. The lowest BCUT2D eigenvalue weighted by Crippen LogP contribution is -1.80. The average molecular weight is 157 g/mol. The molecule has 1 nitrogen and oxygen atoms in total. The Hall–Kier alpha value is -1.37. The first-order chi connectivity index (χ1) is 5.86. The summed E-state index contributed by atoms with van der Waals surface area (Å²) in [4.78, 5) is 4.09. The molecule has 1 aliphatic rings. The molecule has 1 heteroatoms. The third kappa shape index (κ3) is 1.30. The molecule has 0 bridgehead atoms. The minimum absolute atomic E-state index is 1.05. The van der Waals surface area contributed by atoms with Gasteiger partial charge in [0.1, 0.15) is 0 Å². The molecule has 60 valence electrons. The second kappa shape index (κ2) is 2.94. The zero-order valence-corrected chi connectivity index (χ0v) is 7.12. The molecule has 0 saturated carbocycles. The second-order valence-electron chi connectivity index (χ2n) is 3.06. The van der Waals surface area contributed by atoms with Gasteiger partial charge in [0.2, 0.25) is 0 Å². The van der Waals surface area contributed by atoms with Crippen LogP contribution in [0.25, 0.3) is 5.57 Å². The maximum absolute atomic E-state index is 4.09. The summed E-state index contributed by atoms with van der Waals surface area (Å²) in [6.45, 7) is 2.13. The maximum Gasteiger partial charge on any atom is 0.0343 e. The Balaban J connectivity index is 2.30. The lowest BCUT2D eigenvalue weighted by atomic mass is 10.1. The van der Waals surface area contributed by atoms with Gasteiger partial charge >= 0.3 is 0 Å². The maximum atomic E-state index is 4.09. The van der Waals surface area contributed by atoms with Gasteiger partial charge in [-0.2, -0.15) is 0 Å². The highest BCUT2D eigenvalue weighted by Gasteiger charge is 2.04. The van der Waals surface area contributed by atoms with E-state index in [1.165, 1.54) is 16.7 Å². The molecule has 1 aliphatic carbocycles. The van der Waals surface area contributed by atoms with Crippen LogP contribution in [0.15, 0.2) is 42.3 Å². The summed E-state index contributed by atoms with van der Waals surface area (Å²) in [6.07, 6.45) is 9.23. The molecule has 1 aromatic rings. The molecule has 0 unspecified atom stereocenters. The van der Waals surface area contributed by atoms with E-state index in [1.807, 2.05) is 12.3 Å². The third-order valence-corrected chi connectivity index (χ3v) is 2.08. The van der Waals surface area contributed by atoms with Gasteiger partial charge in [-0.25, -0.2) is 0 Å². The Morgan fingerprint density at radius 2 is 2.33 bits per heavy atom. The molecule has 0 radical (unpaired) electrons. The number of rotatable bonds is 1. The molecule has 0 aromatic carbocycles. The van der Waals surface area contributed by atoms with E-state index in [2.05, 4.69) is 30.1 Å². The predicted molar refractivity (Wildman–Crippen MR) is 50.6 cm³/mol. The Kier molecular flexibility index (Phi) is 1.78. The number of pyridine rings is 1. The van der Waals surface area contributed by atoms with Crippen LogP contribution in [-0.4, -0.2) is 4.98 Å². The van der Waals surface area contributed by atoms with Gasteiger partial charge < -0.3 is 0 Å². The molecule has 0 aliphatic heterocycles. The van der Waals surface area contributed by atoms with Crippen LogP contribution in [0, 0.1) is 0 Å². The number of hydrogen-bond donors (Lipinski definition) is 0. The second-order valence-corrected chi connectivity index (χ2v) is 3.06. The average Bonchev–Trinajstić information content (AvgIpc) is 2.54. The van der Waals surface area contributed by atoms with E-state index in [9.17, 15) is 0 Å². The Labute approximate surface area is 72.5 Å². The van der Waals surface area contributed by atoms with Crippen LogP contribution in [0.4, 0.5) is 0 Å². The minimum atomic E-state index is 1.05. The normalized spacial score (nSPS) is 15.8. The first-order valence-corrected chi connectivity index (χ1v) is 4.14. The Morgan fingerprint density at radius 1 is 1.42 bits per heavy atom. The summed E-state index contributed by atoms with van der Waals surface area (Å²) < 4.78 is 0. The van der Waals surface area contributed by atoms with Crippen molar-refractivity contribution in [3.8, 4) is 0 Å². The quantitative estimate of drug-likeness (QED) is 0.610. The first kappa shape index (κ1) is 7.29. The number of aromatic nitrogens is 1. The van der Waals surface area contributed by atoms with E-state index in [1.54, 1.807) is 6.20 Å². The van der Waals surface area contributed by atoms with E-state index in [-0.39, 0.29) is 0 Å². The fourth-order valence-electron chi connectivity index (χ4n) is 1.42. The van der Waals surface area contributed by atoms with Crippen molar-refractivity contribution in [2.24, 2.45) is 0 Å². The smallest absolute Gasteiger partial charge is 0.0343 e. The van der Waals surface area contributed by atoms with Crippen molar-refractivity contribution in [3.63, 3.8) is 0 Å². The van der Waals surface area contributed by atoms with Crippen LogP contribution >= 0.6 is 0 Å². The minimum Gasteiger partial charge on any atom is -0.264 e. The van der Waals surface area contributed by atoms with Gasteiger partial charge in [-0.3, -0.25) is 4.98 Å². The molecule has 0 atom stereocenters. The standard InChI is InChI=1S/C11H11N/c1-9-4-5-10(7-9)11-3-2-6-12-8-11/h2-4,6-8H,5H2,1H3. The van der Waals surface area contributed by atoms with Crippen LogP contribution in [0.1, 0.15) is 18.9 Å². The summed E-state index contributed by atoms with van der Waals surface area (Å²) in [5.41, 5.74) is 3.97. The summed E-state index contributed by atoms with van der Waals surface area (Å²) in [5, 5.41) is 0. The van der Waals surface area contributed by atoms with E-state index >= 15 is 0 Å². The molecular weight excluding hydrogens is 146 g/mol. The van der Waals surface area contributed by atoms with Crippen molar-refractivity contribution in [1.29, 1.82) is 0 Å².